The number of nitrogens with one attached hydrogen (secondary N) is 2. The molecule has 0 bridgehead atoms. The van der Waals surface area contributed by atoms with Crippen LogP contribution in [0.4, 0.5) is 5.69 Å². The zero-order valence-electron chi connectivity index (χ0n) is 13.5. The molecule has 0 unspecified atom stereocenters. The largest absolute Gasteiger partial charge is 0.494 e. The highest BCUT2D eigenvalue weighted by molar-refractivity contribution is 5.92. The second kappa shape index (κ2) is 8.80. The minimum Gasteiger partial charge on any atom is -0.494 e. The van der Waals surface area contributed by atoms with Crippen molar-refractivity contribution in [3.8, 4) is 17.2 Å². The molecular formula is C18H22N2O3. The van der Waals surface area contributed by atoms with E-state index in [1.54, 1.807) is 0 Å². The summed E-state index contributed by atoms with van der Waals surface area (Å²) in [6, 6.07) is 14.8. The van der Waals surface area contributed by atoms with Gasteiger partial charge in [-0.3, -0.25) is 4.79 Å². The van der Waals surface area contributed by atoms with Crippen molar-refractivity contribution >= 4 is 11.6 Å². The Balaban J connectivity index is 2.06. The lowest BCUT2D eigenvalue weighted by Crippen LogP contribution is -2.18. The van der Waals surface area contributed by atoms with Crippen LogP contribution < -0.4 is 20.1 Å². The first-order valence-electron chi connectivity index (χ1n) is 7.67. The average Bonchev–Trinajstić information content (AvgIpc) is 2.57. The third-order valence-electron chi connectivity index (χ3n) is 3.13. The molecule has 0 aliphatic heterocycles. The third-order valence-corrected chi connectivity index (χ3v) is 3.13. The van der Waals surface area contributed by atoms with Gasteiger partial charge in [0.1, 0.15) is 11.5 Å². The van der Waals surface area contributed by atoms with Crippen molar-refractivity contribution < 1.29 is 14.3 Å². The summed E-state index contributed by atoms with van der Waals surface area (Å²) in [5.74, 6) is 2.04. The van der Waals surface area contributed by atoms with Gasteiger partial charge in [0.15, 0.2) is 5.75 Å². The topological polar surface area (TPSA) is 59.6 Å². The smallest absolute Gasteiger partial charge is 0.225 e. The van der Waals surface area contributed by atoms with Gasteiger partial charge >= 0.3 is 0 Å². The van der Waals surface area contributed by atoms with E-state index < -0.39 is 0 Å². The quantitative estimate of drug-likeness (QED) is 0.784. The van der Waals surface area contributed by atoms with Gasteiger partial charge in [-0.1, -0.05) is 12.1 Å². The minimum atomic E-state index is -0.0536. The van der Waals surface area contributed by atoms with Crippen LogP contribution in [0.25, 0.3) is 0 Å². The van der Waals surface area contributed by atoms with Gasteiger partial charge in [0.05, 0.1) is 12.3 Å². The Labute approximate surface area is 136 Å². The van der Waals surface area contributed by atoms with Crippen LogP contribution in [-0.2, 0) is 4.79 Å². The third kappa shape index (κ3) is 5.30. The Morgan fingerprint density at radius 2 is 1.74 bits per heavy atom. The summed E-state index contributed by atoms with van der Waals surface area (Å²) in [5, 5.41) is 5.82. The van der Waals surface area contributed by atoms with Gasteiger partial charge in [-0.05, 0) is 50.4 Å². The van der Waals surface area contributed by atoms with E-state index in [-0.39, 0.29) is 5.91 Å². The molecule has 0 fully saturated rings. The maximum Gasteiger partial charge on any atom is 0.225 e. The normalized spacial score (nSPS) is 10.2. The lowest BCUT2D eigenvalue weighted by Gasteiger charge is -2.12. The number of carbonyl (C=O) groups is 1. The van der Waals surface area contributed by atoms with E-state index in [1.807, 2.05) is 62.5 Å². The molecule has 0 saturated carbocycles. The molecule has 0 aliphatic carbocycles. The Morgan fingerprint density at radius 3 is 2.43 bits per heavy atom. The van der Waals surface area contributed by atoms with Crippen molar-refractivity contribution in [2.24, 2.45) is 0 Å². The Hall–Kier alpha value is -2.53. The van der Waals surface area contributed by atoms with Gasteiger partial charge in [0, 0.05) is 13.0 Å². The Kier molecular flexibility index (Phi) is 6.44. The van der Waals surface area contributed by atoms with Crippen molar-refractivity contribution in [3.63, 3.8) is 0 Å². The molecule has 0 heterocycles. The second-order valence-corrected chi connectivity index (χ2v) is 4.90. The number of hydrogen-bond donors (Lipinski definition) is 2. The van der Waals surface area contributed by atoms with Crippen LogP contribution in [0.5, 0.6) is 17.2 Å². The van der Waals surface area contributed by atoms with E-state index in [4.69, 9.17) is 9.47 Å². The molecule has 0 aromatic heterocycles. The van der Waals surface area contributed by atoms with Gasteiger partial charge in [-0.2, -0.15) is 0 Å². The van der Waals surface area contributed by atoms with Crippen LogP contribution in [0.15, 0.2) is 48.5 Å². The van der Waals surface area contributed by atoms with Crippen molar-refractivity contribution in [1.82, 2.24) is 5.32 Å². The molecule has 0 saturated heterocycles. The van der Waals surface area contributed by atoms with Crippen LogP contribution in [0.3, 0.4) is 0 Å². The summed E-state index contributed by atoms with van der Waals surface area (Å²) in [6.45, 7) is 3.20. The molecular weight excluding hydrogens is 292 g/mol. The predicted molar refractivity (Wildman–Crippen MR) is 91.3 cm³/mol. The summed E-state index contributed by atoms with van der Waals surface area (Å²) >= 11 is 0. The van der Waals surface area contributed by atoms with Crippen LogP contribution >= 0.6 is 0 Å². The number of anilines is 1. The summed E-state index contributed by atoms with van der Waals surface area (Å²) in [6.07, 6.45) is 0.411. The predicted octanol–water partition coefficient (Wildman–Crippen LogP) is 3.43. The molecule has 23 heavy (non-hydrogen) atoms. The maximum atomic E-state index is 11.9. The lowest BCUT2D eigenvalue weighted by atomic mass is 10.2. The zero-order valence-corrected chi connectivity index (χ0v) is 13.5. The molecule has 122 valence electrons. The standard InChI is InChI=1S/C18H22N2O3/c1-3-22-14-8-10-15(11-9-14)23-17-7-5-4-6-16(17)20-18(21)12-13-19-2/h4-11,19H,3,12-13H2,1-2H3,(H,20,21). The van der Waals surface area contributed by atoms with Gasteiger partial charge in [0.2, 0.25) is 5.91 Å². The molecule has 0 radical (unpaired) electrons. The fraction of sp³-hybridized carbons (Fsp3) is 0.278. The van der Waals surface area contributed by atoms with Crippen LogP contribution in [-0.4, -0.2) is 26.1 Å². The van der Waals surface area contributed by atoms with Gasteiger partial charge in [-0.25, -0.2) is 0 Å². The summed E-state index contributed by atoms with van der Waals surface area (Å²) < 4.78 is 11.3. The van der Waals surface area contributed by atoms with Crippen molar-refractivity contribution in [3.05, 3.63) is 48.5 Å². The van der Waals surface area contributed by atoms with Gasteiger partial charge in [0.25, 0.3) is 0 Å². The lowest BCUT2D eigenvalue weighted by molar-refractivity contribution is -0.116. The maximum absolute atomic E-state index is 11.9. The fourth-order valence-electron chi connectivity index (χ4n) is 2.01. The average molecular weight is 314 g/mol. The highest BCUT2D eigenvalue weighted by Gasteiger charge is 2.08. The zero-order chi connectivity index (χ0) is 16.5. The minimum absolute atomic E-state index is 0.0536. The monoisotopic (exact) mass is 314 g/mol. The molecule has 5 nitrogen and oxygen atoms in total. The van der Waals surface area contributed by atoms with Crippen LogP contribution in [0, 0.1) is 0 Å². The highest BCUT2D eigenvalue weighted by Crippen LogP contribution is 2.30. The van der Waals surface area contributed by atoms with E-state index in [2.05, 4.69) is 10.6 Å². The van der Waals surface area contributed by atoms with E-state index in [0.29, 0.717) is 36.8 Å². The van der Waals surface area contributed by atoms with Crippen molar-refractivity contribution in [1.29, 1.82) is 0 Å². The first kappa shape index (κ1) is 16.8. The molecule has 0 spiro atoms. The van der Waals surface area contributed by atoms with Gasteiger partial charge in [-0.15, -0.1) is 0 Å². The van der Waals surface area contributed by atoms with E-state index >= 15 is 0 Å². The van der Waals surface area contributed by atoms with Crippen LogP contribution in [0.1, 0.15) is 13.3 Å². The first-order valence-corrected chi connectivity index (χ1v) is 7.67. The van der Waals surface area contributed by atoms with E-state index in [1.165, 1.54) is 0 Å². The number of amides is 1. The number of ether oxygens (including phenoxy) is 2. The Bertz CT molecular complexity index is 626. The molecule has 2 aromatic carbocycles. The molecule has 2 N–H and O–H groups in total. The van der Waals surface area contributed by atoms with Gasteiger partial charge < -0.3 is 20.1 Å². The molecule has 5 heteroatoms. The molecule has 1 amide bonds. The molecule has 0 aliphatic rings. The summed E-state index contributed by atoms with van der Waals surface area (Å²) in [5.41, 5.74) is 0.655. The fourth-order valence-corrected chi connectivity index (χ4v) is 2.01. The SMILES string of the molecule is CCOc1ccc(Oc2ccccc2NC(=O)CCNC)cc1. The number of benzene rings is 2. The van der Waals surface area contributed by atoms with E-state index in [0.717, 1.165) is 5.75 Å². The number of carbonyl (C=O) groups excluding carboxylic acids is 1. The highest BCUT2D eigenvalue weighted by atomic mass is 16.5. The first-order chi connectivity index (χ1) is 11.2. The number of para-hydroxylation sites is 2. The van der Waals surface area contributed by atoms with Crippen molar-refractivity contribution in [2.45, 2.75) is 13.3 Å². The molecule has 2 rings (SSSR count). The summed E-state index contributed by atoms with van der Waals surface area (Å²) in [7, 11) is 1.82. The second-order valence-electron chi connectivity index (χ2n) is 4.90. The molecule has 2 aromatic rings. The van der Waals surface area contributed by atoms with Crippen molar-refractivity contribution in [2.75, 3.05) is 25.5 Å². The Morgan fingerprint density at radius 1 is 1.04 bits per heavy atom. The number of hydrogen-bond acceptors (Lipinski definition) is 4. The summed E-state index contributed by atoms with van der Waals surface area (Å²) in [4.78, 5) is 11.9. The number of rotatable bonds is 8. The van der Waals surface area contributed by atoms with E-state index in [9.17, 15) is 4.79 Å². The molecule has 0 atom stereocenters. The van der Waals surface area contributed by atoms with Crippen LogP contribution in [0.2, 0.25) is 0 Å².